The van der Waals surface area contributed by atoms with Crippen LogP contribution < -0.4 is 5.73 Å². The van der Waals surface area contributed by atoms with Crippen molar-refractivity contribution in [1.29, 1.82) is 0 Å². The van der Waals surface area contributed by atoms with Gasteiger partial charge in [0.15, 0.2) is 0 Å². The molecule has 1 heterocycles. The first-order valence-electron chi connectivity index (χ1n) is 6.11. The summed E-state index contributed by atoms with van der Waals surface area (Å²) >= 11 is 3.28. The van der Waals surface area contributed by atoms with Crippen LogP contribution in [0.1, 0.15) is 13.3 Å². The van der Waals surface area contributed by atoms with Crippen molar-refractivity contribution in [3.05, 3.63) is 22.7 Å². The number of nitrogen functional groups attached to an aromatic ring is 1. The summed E-state index contributed by atoms with van der Waals surface area (Å²) in [4.78, 5) is 0.163. The molecule has 0 spiro atoms. The Hall–Kier alpha value is -0.630. The van der Waals surface area contributed by atoms with Crippen LogP contribution in [0.5, 0.6) is 0 Å². The van der Waals surface area contributed by atoms with Gasteiger partial charge in [-0.25, -0.2) is 8.42 Å². The summed E-state index contributed by atoms with van der Waals surface area (Å²) in [7, 11) is -3.56. The van der Waals surface area contributed by atoms with Crippen molar-refractivity contribution >= 4 is 31.6 Å². The predicted octanol–water partition coefficient (Wildman–Crippen LogP) is 1.83. The van der Waals surface area contributed by atoms with Crippen LogP contribution in [-0.4, -0.2) is 38.5 Å². The van der Waals surface area contributed by atoms with E-state index in [9.17, 15) is 8.42 Å². The maximum atomic E-state index is 12.7. The van der Waals surface area contributed by atoms with E-state index in [2.05, 4.69) is 15.9 Å². The third kappa shape index (κ3) is 2.94. The van der Waals surface area contributed by atoms with Crippen molar-refractivity contribution in [1.82, 2.24) is 4.31 Å². The van der Waals surface area contributed by atoms with Crippen molar-refractivity contribution < 1.29 is 13.2 Å². The molecule has 0 aromatic heterocycles. The highest BCUT2D eigenvalue weighted by atomic mass is 79.9. The fourth-order valence-corrected chi connectivity index (χ4v) is 4.30. The van der Waals surface area contributed by atoms with Gasteiger partial charge in [-0.2, -0.15) is 4.31 Å². The highest BCUT2D eigenvalue weighted by Crippen LogP contribution is 2.28. The van der Waals surface area contributed by atoms with E-state index in [1.165, 1.54) is 10.4 Å². The van der Waals surface area contributed by atoms with Crippen LogP contribution in [0, 0.1) is 0 Å². The standard InChI is InChI=1S/C12H17BrN2O3S/c1-2-10-8-18-6-5-15(10)19(16,17)12-4-3-9(13)7-11(12)14/h3-4,7,10H,2,5-6,8,14H2,1H3. The Morgan fingerprint density at radius 3 is 2.89 bits per heavy atom. The summed E-state index contributed by atoms with van der Waals surface area (Å²) in [5.74, 6) is 0. The molecule has 5 nitrogen and oxygen atoms in total. The zero-order chi connectivity index (χ0) is 14.0. The molecule has 19 heavy (non-hydrogen) atoms. The first-order valence-corrected chi connectivity index (χ1v) is 8.34. The zero-order valence-corrected chi connectivity index (χ0v) is 13.1. The van der Waals surface area contributed by atoms with Gasteiger partial charge >= 0.3 is 0 Å². The predicted molar refractivity (Wildman–Crippen MR) is 77.3 cm³/mol. The number of benzene rings is 1. The van der Waals surface area contributed by atoms with Crippen LogP contribution in [0.4, 0.5) is 5.69 Å². The van der Waals surface area contributed by atoms with Crippen LogP contribution in [0.25, 0.3) is 0 Å². The second-order valence-electron chi connectivity index (χ2n) is 4.43. The minimum absolute atomic E-state index is 0.123. The van der Waals surface area contributed by atoms with Crippen LogP contribution in [-0.2, 0) is 14.8 Å². The fourth-order valence-electron chi connectivity index (χ4n) is 2.16. The molecule has 1 aliphatic rings. The van der Waals surface area contributed by atoms with E-state index in [0.29, 0.717) is 19.8 Å². The normalized spacial score (nSPS) is 21.5. The molecular formula is C12H17BrN2O3S. The zero-order valence-electron chi connectivity index (χ0n) is 10.7. The van der Waals surface area contributed by atoms with Gasteiger partial charge in [-0.1, -0.05) is 22.9 Å². The van der Waals surface area contributed by atoms with E-state index in [0.717, 1.165) is 10.9 Å². The molecular weight excluding hydrogens is 332 g/mol. The third-order valence-corrected chi connectivity index (χ3v) is 5.72. The Balaban J connectivity index is 2.40. The summed E-state index contributed by atoms with van der Waals surface area (Å²) in [6.07, 6.45) is 0.718. The molecule has 1 fully saturated rings. The van der Waals surface area contributed by atoms with Crippen molar-refractivity contribution in [2.24, 2.45) is 0 Å². The van der Waals surface area contributed by atoms with E-state index in [-0.39, 0.29) is 16.6 Å². The Bertz CT molecular complexity index is 562. The molecule has 0 radical (unpaired) electrons. The van der Waals surface area contributed by atoms with Gasteiger partial charge in [0.1, 0.15) is 4.90 Å². The highest BCUT2D eigenvalue weighted by Gasteiger charge is 2.34. The molecule has 1 unspecified atom stereocenters. The van der Waals surface area contributed by atoms with Crippen molar-refractivity contribution in [3.63, 3.8) is 0 Å². The molecule has 2 rings (SSSR count). The third-order valence-electron chi connectivity index (χ3n) is 3.20. The molecule has 1 aromatic carbocycles. The molecule has 106 valence electrons. The second kappa shape index (κ2) is 5.78. The molecule has 1 aliphatic heterocycles. The van der Waals surface area contributed by atoms with Gasteiger partial charge in [-0.05, 0) is 24.6 Å². The van der Waals surface area contributed by atoms with E-state index >= 15 is 0 Å². The number of rotatable bonds is 3. The minimum atomic E-state index is -3.56. The monoisotopic (exact) mass is 348 g/mol. The van der Waals surface area contributed by atoms with Gasteiger partial charge in [0.2, 0.25) is 10.0 Å². The number of sulfonamides is 1. The summed E-state index contributed by atoms with van der Waals surface area (Å²) in [5, 5.41) is 0. The number of hydrogen-bond acceptors (Lipinski definition) is 4. The van der Waals surface area contributed by atoms with Crippen LogP contribution in [0.15, 0.2) is 27.6 Å². The number of morpholine rings is 1. The van der Waals surface area contributed by atoms with Crippen molar-refractivity contribution in [2.75, 3.05) is 25.5 Å². The summed E-state index contributed by atoms with van der Waals surface area (Å²) in [5.41, 5.74) is 6.09. The number of hydrogen-bond donors (Lipinski definition) is 1. The largest absolute Gasteiger partial charge is 0.398 e. The summed E-state index contributed by atoms with van der Waals surface area (Å²) < 4.78 is 32.9. The number of nitrogens with two attached hydrogens (primary N) is 1. The molecule has 0 aliphatic carbocycles. The Morgan fingerprint density at radius 2 is 2.26 bits per heavy atom. The maximum absolute atomic E-state index is 12.7. The summed E-state index contributed by atoms with van der Waals surface area (Å²) in [6.45, 7) is 3.18. The molecule has 0 saturated carbocycles. The van der Waals surface area contributed by atoms with E-state index in [4.69, 9.17) is 10.5 Å². The molecule has 0 bridgehead atoms. The minimum Gasteiger partial charge on any atom is -0.398 e. The lowest BCUT2D eigenvalue weighted by molar-refractivity contribution is 0.0314. The fraction of sp³-hybridized carbons (Fsp3) is 0.500. The van der Waals surface area contributed by atoms with Crippen LogP contribution in [0.3, 0.4) is 0 Å². The smallest absolute Gasteiger partial charge is 0.245 e. The van der Waals surface area contributed by atoms with E-state index in [1.807, 2.05) is 6.92 Å². The molecule has 2 N–H and O–H groups in total. The Kier molecular flexibility index (Phi) is 4.50. The van der Waals surface area contributed by atoms with E-state index < -0.39 is 10.0 Å². The molecule has 7 heteroatoms. The number of anilines is 1. The van der Waals surface area contributed by atoms with Gasteiger partial charge in [0, 0.05) is 17.1 Å². The number of halogens is 1. The summed E-state index contributed by atoms with van der Waals surface area (Å²) in [6, 6.07) is 4.71. The Morgan fingerprint density at radius 1 is 1.53 bits per heavy atom. The van der Waals surface area contributed by atoms with Crippen LogP contribution >= 0.6 is 15.9 Å². The first kappa shape index (κ1) is 14.8. The number of nitrogens with zero attached hydrogens (tertiary/aromatic N) is 1. The average Bonchev–Trinajstić information content (AvgIpc) is 2.38. The van der Waals surface area contributed by atoms with E-state index in [1.54, 1.807) is 12.1 Å². The van der Waals surface area contributed by atoms with Gasteiger partial charge in [0.05, 0.1) is 18.9 Å². The topological polar surface area (TPSA) is 72.6 Å². The number of ether oxygens (including phenoxy) is 1. The Labute approximate surface area is 121 Å². The second-order valence-corrected chi connectivity index (χ2v) is 7.21. The van der Waals surface area contributed by atoms with Crippen molar-refractivity contribution in [2.45, 2.75) is 24.3 Å². The van der Waals surface area contributed by atoms with Gasteiger partial charge in [-0.15, -0.1) is 0 Å². The van der Waals surface area contributed by atoms with Gasteiger partial charge in [0.25, 0.3) is 0 Å². The SMILES string of the molecule is CCC1COCCN1S(=O)(=O)c1ccc(Br)cc1N. The van der Waals surface area contributed by atoms with Crippen LogP contribution in [0.2, 0.25) is 0 Å². The maximum Gasteiger partial charge on any atom is 0.245 e. The average molecular weight is 349 g/mol. The molecule has 1 saturated heterocycles. The highest BCUT2D eigenvalue weighted by molar-refractivity contribution is 9.10. The lowest BCUT2D eigenvalue weighted by atomic mass is 10.2. The van der Waals surface area contributed by atoms with Gasteiger partial charge < -0.3 is 10.5 Å². The molecule has 1 aromatic rings. The molecule has 1 atom stereocenters. The quantitative estimate of drug-likeness (QED) is 0.845. The van der Waals surface area contributed by atoms with Crippen molar-refractivity contribution in [3.8, 4) is 0 Å². The lowest BCUT2D eigenvalue weighted by Crippen LogP contribution is -2.48. The molecule has 0 amide bonds. The van der Waals surface area contributed by atoms with Gasteiger partial charge in [-0.3, -0.25) is 0 Å². The first-order chi connectivity index (χ1) is 8.96. The lowest BCUT2D eigenvalue weighted by Gasteiger charge is -2.34.